The van der Waals surface area contributed by atoms with E-state index >= 15 is 0 Å². The van der Waals surface area contributed by atoms with Gasteiger partial charge >= 0.3 is 5.97 Å². The van der Waals surface area contributed by atoms with Gasteiger partial charge in [-0.1, -0.05) is 94.0 Å². The summed E-state index contributed by atoms with van der Waals surface area (Å²) in [5.74, 6) is -1.17. The Morgan fingerprint density at radius 1 is 0.667 bits per heavy atom. The molecule has 3 aromatic rings. The van der Waals surface area contributed by atoms with Crippen LogP contribution in [0.3, 0.4) is 0 Å². The highest BCUT2D eigenvalue weighted by molar-refractivity contribution is 6.23. The first-order valence-electron chi connectivity index (χ1n) is 14.5. The molecule has 1 fully saturated rings. The van der Waals surface area contributed by atoms with E-state index in [9.17, 15) is 14.4 Å². The van der Waals surface area contributed by atoms with Crippen molar-refractivity contribution in [3.05, 3.63) is 95.1 Å². The van der Waals surface area contributed by atoms with Crippen LogP contribution in [-0.4, -0.2) is 17.8 Å². The minimum atomic E-state index is -0.410. The van der Waals surface area contributed by atoms with Crippen LogP contribution in [0, 0.1) is 11.8 Å². The number of carbonyl (C=O) groups is 3. The van der Waals surface area contributed by atoms with Crippen LogP contribution in [0.2, 0.25) is 0 Å². The molecule has 0 radical (unpaired) electrons. The summed E-state index contributed by atoms with van der Waals surface area (Å²) in [6, 6.07) is 23.3. The quantitative estimate of drug-likeness (QED) is 0.123. The molecule has 0 unspecified atom stereocenters. The summed E-state index contributed by atoms with van der Waals surface area (Å²) in [7, 11) is 0. The Bertz CT molecular complexity index is 1280. The molecule has 1 heterocycles. The number of hydrogen-bond acceptors (Lipinski definition) is 4. The molecule has 0 N–H and O–H groups in total. The van der Waals surface area contributed by atoms with Crippen molar-refractivity contribution in [2.45, 2.75) is 70.1 Å². The average molecular weight is 522 g/mol. The van der Waals surface area contributed by atoms with Gasteiger partial charge < -0.3 is 4.74 Å². The van der Waals surface area contributed by atoms with Crippen LogP contribution in [-0.2, 0) is 14.4 Å². The third kappa shape index (κ3) is 4.48. The van der Waals surface area contributed by atoms with E-state index in [1.165, 1.54) is 30.6 Å². The molecule has 2 atom stereocenters. The summed E-state index contributed by atoms with van der Waals surface area (Å²) in [4.78, 5) is 41.4. The van der Waals surface area contributed by atoms with Gasteiger partial charge in [0.2, 0.25) is 11.8 Å². The Labute approximate surface area is 230 Å². The largest absolute Gasteiger partial charge is 0.427 e. The van der Waals surface area contributed by atoms with Gasteiger partial charge in [-0.3, -0.25) is 14.4 Å². The fraction of sp³-hybridized carbons (Fsp3) is 0.382. The van der Waals surface area contributed by atoms with Crippen molar-refractivity contribution in [2.24, 2.45) is 11.8 Å². The summed E-state index contributed by atoms with van der Waals surface area (Å²) < 4.78 is 5.53. The Kier molecular flexibility index (Phi) is 7.07. The fourth-order valence-corrected chi connectivity index (χ4v) is 7.00. The summed E-state index contributed by atoms with van der Waals surface area (Å²) >= 11 is 0. The van der Waals surface area contributed by atoms with Gasteiger partial charge in [-0.05, 0) is 52.9 Å². The zero-order valence-corrected chi connectivity index (χ0v) is 22.5. The van der Waals surface area contributed by atoms with Crippen molar-refractivity contribution in [3.8, 4) is 5.75 Å². The number of hydrogen-bond donors (Lipinski definition) is 0. The highest BCUT2D eigenvalue weighted by Gasteiger charge is 2.61. The first-order valence-corrected chi connectivity index (χ1v) is 14.5. The Hall–Kier alpha value is -3.73. The summed E-state index contributed by atoms with van der Waals surface area (Å²) in [5, 5.41) is 0. The second kappa shape index (κ2) is 10.8. The molecule has 1 aliphatic heterocycles. The number of esters is 1. The minimum absolute atomic E-state index is 0.124. The molecule has 0 aromatic heterocycles. The lowest BCUT2D eigenvalue weighted by Gasteiger charge is -2.45. The zero-order chi connectivity index (χ0) is 26.9. The first-order chi connectivity index (χ1) is 19.1. The average Bonchev–Trinajstić information content (AvgIpc) is 3.23. The number of carbonyl (C=O) groups excluding carboxylic acids is 3. The van der Waals surface area contributed by atoms with Crippen LogP contribution in [0.4, 0.5) is 5.69 Å². The number of unbranched alkanes of at least 4 members (excludes halogenated alkanes) is 6. The second-order valence-electron chi connectivity index (χ2n) is 11.1. The molecule has 5 heteroatoms. The highest BCUT2D eigenvalue weighted by Crippen LogP contribution is 2.61. The SMILES string of the molecule is CCCCCCCCCC(=O)Oc1ccc(N2C(=O)[C@H]3C4c5ccccc5C(c5ccccc54)[C@@H]3C2=O)cc1. The minimum Gasteiger partial charge on any atom is -0.427 e. The number of amides is 2. The normalized spacial score (nSPS) is 22.4. The summed E-state index contributed by atoms with van der Waals surface area (Å²) in [5.41, 5.74) is 5.17. The number of imide groups is 1. The molecule has 7 rings (SSSR count). The molecule has 1 saturated heterocycles. The van der Waals surface area contributed by atoms with E-state index in [2.05, 4.69) is 31.2 Å². The smallest absolute Gasteiger partial charge is 0.311 e. The predicted molar refractivity (Wildman–Crippen MR) is 151 cm³/mol. The standard InChI is InChI=1S/C34H35NO4/c1-2-3-4-5-6-7-8-17-28(36)39-23-20-18-22(19-21-23)35-33(37)31-29-24-13-9-10-14-25(24)30(32(31)34(35)38)27-16-12-11-15-26(27)29/h9-16,18-21,29-32H,2-8,17H2,1H3/t29?,30?,31-,32-/m0/s1. The van der Waals surface area contributed by atoms with Gasteiger partial charge in [-0.25, -0.2) is 4.90 Å². The van der Waals surface area contributed by atoms with Crippen molar-refractivity contribution >= 4 is 23.5 Å². The number of benzene rings is 3. The lowest BCUT2D eigenvalue weighted by Crippen LogP contribution is -2.41. The molecule has 3 aliphatic carbocycles. The van der Waals surface area contributed by atoms with Gasteiger partial charge in [-0.2, -0.15) is 0 Å². The topological polar surface area (TPSA) is 63.7 Å². The lowest BCUT2D eigenvalue weighted by atomic mass is 9.55. The van der Waals surface area contributed by atoms with Gasteiger partial charge in [0.15, 0.2) is 0 Å². The molecular formula is C34H35NO4. The van der Waals surface area contributed by atoms with Gasteiger partial charge in [0.1, 0.15) is 5.75 Å². The van der Waals surface area contributed by atoms with Crippen molar-refractivity contribution in [1.29, 1.82) is 0 Å². The predicted octanol–water partition coefficient (Wildman–Crippen LogP) is 7.13. The highest BCUT2D eigenvalue weighted by atomic mass is 16.5. The summed E-state index contributed by atoms with van der Waals surface area (Å²) in [6.07, 6.45) is 8.40. The van der Waals surface area contributed by atoms with Crippen LogP contribution in [0.1, 0.15) is 92.4 Å². The number of ether oxygens (including phenoxy) is 1. The van der Waals surface area contributed by atoms with E-state index in [4.69, 9.17) is 4.74 Å². The Balaban J connectivity index is 1.15. The van der Waals surface area contributed by atoms with E-state index < -0.39 is 11.8 Å². The number of rotatable bonds is 10. The van der Waals surface area contributed by atoms with Crippen LogP contribution in [0.5, 0.6) is 5.75 Å². The first kappa shape index (κ1) is 25.5. The second-order valence-corrected chi connectivity index (χ2v) is 11.1. The van der Waals surface area contributed by atoms with Crippen LogP contribution >= 0.6 is 0 Å². The van der Waals surface area contributed by atoms with Crippen molar-refractivity contribution in [1.82, 2.24) is 0 Å². The molecule has 2 bridgehead atoms. The maximum Gasteiger partial charge on any atom is 0.311 e. The van der Waals surface area contributed by atoms with Crippen molar-refractivity contribution < 1.29 is 19.1 Å². The third-order valence-electron chi connectivity index (χ3n) is 8.76. The Morgan fingerprint density at radius 2 is 1.13 bits per heavy atom. The van der Waals surface area contributed by atoms with Gasteiger partial charge in [0.05, 0.1) is 17.5 Å². The lowest BCUT2D eigenvalue weighted by molar-refractivity contribution is -0.134. The van der Waals surface area contributed by atoms with Crippen LogP contribution in [0.25, 0.3) is 0 Å². The molecule has 5 nitrogen and oxygen atoms in total. The Morgan fingerprint density at radius 3 is 1.62 bits per heavy atom. The molecule has 3 aromatic carbocycles. The molecule has 200 valence electrons. The third-order valence-corrected chi connectivity index (χ3v) is 8.76. The van der Waals surface area contributed by atoms with E-state index in [1.54, 1.807) is 24.3 Å². The van der Waals surface area contributed by atoms with Gasteiger partial charge in [-0.15, -0.1) is 0 Å². The van der Waals surface area contributed by atoms with Crippen LogP contribution in [0.15, 0.2) is 72.8 Å². The monoisotopic (exact) mass is 521 g/mol. The fourth-order valence-electron chi connectivity index (χ4n) is 7.00. The van der Waals surface area contributed by atoms with E-state index in [-0.39, 0.29) is 29.6 Å². The molecule has 2 amide bonds. The van der Waals surface area contributed by atoms with Crippen LogP contribution < -0.4 is 9.64 Å². The van der Waals surface area contributed by atoms with Crippen molar-refractivity contribution in [2.75, 3.05) is 4.90 Å². The maximum absolute atomic E-state index is 13.9. The zero-order valence-electron chi connectivity index (χ0n) is 22.5. The van der Waals surface area contributed by atoms with E-state index in [0.29, 0.717) is 17.9 Å². The maximum atomic E-state index is 13.9. The van der Waals surface area contributed by atoms with E-state index in [1.807, 2.05) is 24.3 Å². The number of nitrogens with zero attached hydrogens (tertiary/aromatic N) is 1. The van der Waals surface area contributed by atoms with E-state index in [0.717, 1.165) is 41.5 Å². The molecule has 39 heavy (non-hydrogen) atoms. The van der Waals surface area contributed by atoms with Gasteiger partial charge in [0.25, 0.3) is 0 Å². The van der Waals surface area contributed by atoms with Gasteiger partial charge in [0, 0.05) is 18.3 Å². The molecule has 0 saturated carbocycles. The molecule has 4 aliphatic rings. The summed E-state index contributed by atoms with van der Waals surface area (Å²) in [6.45, 7) is 2.21. The number of anilines is 1. The van der Waals surface area contributed by atoms with Crippen molar-refractivity contribution in [3.63, 3.8) is 0 Å². The molecular weight excluding hydrogens is 486 g/mol. The molecule has 0 spiro atoms.